The lowest BCUT2D eigenvalue weighted by Gasteiger charge is -2.28. The first-order valence-electron chi connectivity index (χ1n) is 13.9. The first-order valence-corrected chi connectivity index (χ1v) is 13.9. The zero-order chi connectivity index (χ0) is 27.5. The van der Waals surface area contributed by atoms with Crippen LogP contribution >= 0.6 is 0 Å². The minimum atomic E-state index is -0.708. The summed E-state index contributed by atoms with van der Waals surface area (Å²) in [5, 5.41) is 11.4. The SMILES string of the molecule is CCCCCOc1cccc(C2C(=C(O)c3ccc(OCCC)cc3)C(=O)C(=O)N2CCN(CC)CC)c1. The Kier molecular flexibility index (Phi) is 11.2. The van der Waals surface area contributed by atoms with Gasteiger partial charge in [0.2, 0.25) is 0 Å². The molecule has 1 unspecified atom stereocenters. The predicted octanol–water partition coefficient (Wildman–Crippen LogP) is 5.81. The summed E-state index contributed by atoms with van der Waals surface area (Å²) in [4.78, 5) is 30.4. The van der Waals surface area contributed by atoms with Crippen LogP contribution in [0.5, 0.6) is 11.5 Å². The van der Waals surface area contributed by atoms with Crippen LogP contribution in [-0.2, 0) is 9.59 Å². The number of likely N-dealkylation sites (tertiary alicyclic amines) is 1. The van der Waals surface area contributed by atoms with E-state index in [0.29, 0.717) is 43.4 Å². The van der Waals surface area contributed by atoms with Gasteiger partial charge in [-0.2, -0.15) is 0 Å². The highest BCUT2D eigenvalue weighted by Gasteiger charge is 2.46. The molecule has 1 saturated heterocycles. The zero-order valence-corrected chi connectivity index (χ0v) is 23.2. The van der Waals surface area contributed by atoms with Gasteiger partial charge in [0.15, 0.2) is 0 Å². The summed E-state index contributed by atoms with van der Waals surface area (Å²) in [6.45, 7) is 12.2. The van der Waals surface area contributed by atoms with E-state index in [1.165, 1.54) is 0 Å². The van der Waals surface area contributed by atoms with Crippen molar-refractivity contribution >= 4 is 17.4 Å². The van der Waals surface area contributed by atoms with E-state index in [-0.39, 0.29) is 11.3 Å². The maximum atomic E-state index is 13.4. The molecule has 206 valence electrons. The van der Waals surface area contributed by atoms with E-state index in [4.69, 9.17) is 9.47 Å². The van der Waals surface area contributed by atoms with Gasteiger partial charge in [0, 0.05) is 18.7 Å². The number of likely N-dealkylation sites (N-methyl/N-ethyl adjacent to an activating group) is 1. The van der Waals surface area contributed by atoms with Crippen molar-refractivity contribution in [2.24, 2.45) is 0 Å². The van der Waals surface area contributed by atoms with Crippen LogP contribution < -0.4 is 9.47 Å². The number of hydrogen-bond donors (Lipinski definition) is 1. The van der Waals surface area contributed by atoms with Crippen LogP contribution in [0.1, 0.15) is 70.5 Å². The number of aliphatic hydroxyl groups is 1. The Morgan fingerprint density at radius 1 is 0.895 bits per heavy atom. The molecule has 0 spiro atoms. The fourth-order valence-corrected chi connectivity index (χ4v) is 4.65. The number of benzene rings is 2. The van der Waals surface area contributed by atoms with Crippen molar-refractivity contribution in [1.29, 1.82) is 0 Å². The van der Waals surface area contributed by atoms with Gasteiger partial charge in [0.1, 0.15) is 17.3 Å². The number of carbonyl (C=O) groups is 2. The zero-order valence-electron chi connectivity index (χ0n) is 23.2. The van der Waals surface area contributed by atoms with Crippen molar-refractivity contribution in [1.82, 2.24) is 9.80 Å². The van der Waals surface area contributed by atoms with Crippen molar-refractivity contribution < 1.29 is 24.2 Å². The number of ketones is 1. The van der Waals surface area contributed by atoms with E-state index >= 15 is 0 Å². The molecule has 0 saturated carbocycles. The minimum Gasteiger partial charge on any atom is -0.507 e. The van der Waals surface area contributed by atoms with Gasteiger partial charge in [-0.25, -0.2) is 0 Å². The third-order valence-corrected chi connectivity index (χ3v) is 6.88. The molecule has 0 bridgehead atoms. The average Bonchev–Trinajstić information content (AvgIpc) is 3.20. The fourth-order valence-electron chi connectivity index (χ4n) is 4.65. The van der Waals surface area contributed by atoms with Gasteiger partial charge in [0.25, 0.3) is 11.7 Å². The van der Waals surface area contributed by atoms with Crippen LogP contribution in [0.15, 0.2) is 54.1 Å². The Hall–Kier alpha value is -3.32. The Balaban J connectivity index is 2.00. The van der Waals surface area contributed by atoms with Crippen molar-refractivity contribution in [3.8, 4) is 11.5 Å². The topological polar surface area (TPSA) is 79.3 Å². The monoisotopic (exact) mass is 522 g/mol. The van der Waals surface area contributed by atoms with Gasteiger partial charge >= 0.3 is 0 Å². The van der Waals surface area contributed by atoms with Crippen molar-refractivity contribution in [3.63, 3.8) is 0 Å². The summed E-state index contributed by atoms with van der Waals surface area (Å²) < 4.78 is 11.6. The maximum absolute atomic E-state index is 13.4. The molecule has 0 radical (unpaired) electrons. The predicted molar refractivity (Wildman–Crippen MR) is 150 cm³/mol. The van der Waals surface area contributed by atoms with Crippen molar-refractivity contribution in [2.75, 3.05) is 39.4 Å². The summed E-state index contributed by atoms with van der Waals surface area (Å²) in [5.41, 5.74) is 1.30. The van der Waals surface area contributed by atoms with Crippen molar-refractivity contribution in [2.45, 2.75) is 59.4 Å². The highest BCUT2D eigenvalue weighted by Crippen LogP contribution is 2.40. The largest absolute Gasteiger partial charge is 0.507 e. The molecular formula is C31H42N2O5. The molecule has 7 nitrogen and oxygen atoms in total. The summed E-state index contributed by atoms with van der Waals surface area (Å²) in [6, 6.07) is 13.8. The Morgan fingerprint density at radius 3 is 2.26 bits per heavy atom. The number of rotatable bonds is 15. The summed E-state index contributed by atoms with van der Waals surface area (Å²) in [5.74, 6) is -0.0820. The van der Waals surface area contributed by atoms with Gasteiger partial charge < -0.3 is 24.4 Å². The lowest BCUT2D eigenvalue weighted by Crippen LogP contribution is -2.38. The molecule has 1 amide bonds. The smallest absolute Gasteiger partial charge is 0.295 e. The lowest BCUT2D eigenvalue weighted by atomic mass is 9.95. The van der Waals surface area contributed by atoms with Gasteiger partial charge in [0.05, 0.1) is 24.8 Å². The highest BCUT2D eigenvalue weighted by atomic mass is 16.5. The third-order valence-electron chi connectivity index (χ3n) is 6.88. The number of hydrogen-bond acceptors (Lipinski definition) is 6. The number of Topliss-reactive ketones (excluding diaryl/α,β-unsaturated/α-hetero) is 1. The normalized spacial score (nSPS) is 16.9. The molecule has 2 aromatic rings. The molecule has 3 rings (SSSR count). The van der Waals surface area contributed by atoms with Crippen LogP contribution in [0.4, 0.5) is 0 Å². The van der Waals surface area contributed by atoms with E-state index in [1.807, 2.05) is 31.2 Å². The molecule has 38 heavy (non-hydrogen) atoms. The highest BCUT2D eigenvalue weighted by molar-refractivity contribution is 6.46. The molecule has 1 atom stereocenters. The first-order chi connectivity index (χ1) is 18.4. The quantitative estimate of drug-likeness (QED) is 0.138. The number of aliphatic hydroxyl groups excluding tert-OH is 1. The molecule has 7 heteroatoms. The number of nitrogens with zero attached hydrogens (tertiary/aromatic N) is 2. The van der Waals surface area contributed by atoms with E-state index in [2.05, 4.69) is 25.7 Å². The number of unbranched alkanes of at least 4 members (excludes halogenated alkanes) is 2. The summed E-state index contributed by atoms with van der Waals surface area (Å²) >= 11 is 0. The second-order valence-electron chi connectivity index (χ2n) is 9.52. The van der Waals surface area contributed by atoms with E-state index in [1.54, 1.807) is 29.2 Å². The fraction of sp³-hybridized carbons (Fsp3) is 0.484. The minimum absolute atomic E-state index is 0.0971. The van der Waals surface area contributed by atoms with Gasteiger partial charge in [-0.1, -0.05) is 52.7 Å². The molecule has 1 heterocycles. The molecule has 1 aliphatic heterocycles. The van der Waals surface area contributed by atoms with E-state index < -0.39 is 17.7 Å². The Bertz CT molecular complexity index is 1090. The molecular weight excluding hydrogens is 480 g/mol. The number of carbonyl (C=O) groups excluding carboxylic acids is 2. The molecule has 0 aromatic heterocycles. The van der Waals surface area contributed by atoms with E-state index in [0.717, 1.165) is 44.3 Å². The standard InChI is InChI=1S/C31H42N2O5/c1-5-9-10-21-38-26-13-11-12-24(22-26)28-27(29(34)23-14-16-25(17-15-23)37-20-6-2)30(35)31(36)33(28)19-18-32(7-3)8-4/h11-17,22,28,34H,5-10,18-21H2,1-4H3. The second kappa shape index (κ2) is 14.6. The molecule has 2 aromatic carbocycles. The van der Waals surface area contributed by atoms with Gasteiger partial charge in [-0.05, 0) is 67.9 Å². The second-order valence-corrected chi connectivity index (χ2v) is 9.52. The molecule has 1 N–H and O–H groups in total. The van der Waals surface area contributed by atoms with Crippen LogP contribution in [0, 0.1) is 0 Å². The average molecular weight is 523 g/mol. The summed E-state index contributed by atoms with van der Waals surface area (Å²) in [6.07, 6.45) is 4.05. The first kappa shape index (κ1) is 29.2. The molecule has 0 aliphatic carbocycles. The van der Waals surface area contributed by atoms with Crippen LogP contribution in [0.2, 0.25) is 0 Å². The Morgan fingerprint density at radius 2 is 1.61 bits per heavy atom. The number of amides is 1. The lowest BCUT2D eigenvalue weighted by molar-refractivity contribution is -0.140. The van der Waals surface area contributed by atoms with Gasteiger partial charge in [-0.3, -0.25) is 9.59 Å². The Labute approximate surface area is 227 Å². The summed E-state index contributed by atoms with van der Waals surface area (Å²) in [7, 11) is 0. The van der Waals surface area contributed by atoms with Gasteiger partial charge in [-0.15, -0.1) is 0 Å². The molecule has 1 aliphatic rings. The van der Waals surface area contributed by atoms with Crippen LogP contribution in [-0.4, -0.2) is 66.0 Å². The van der Waals surface area contributed by atoms with Crippen LogP contribution in [0.3, 0.4) is 0 Å². The van der Waals surface area contributed by atoms with Crippen LogP contribution in [0.25, 0.3) is 5.76 Å². The molecule has 1 fully saturated rings. The third kappa shape index (κ3) is 7.16. The number of ether oxygens (including phenoxy) is 2. The van der Waals surface area contributed by atoms with E-state index in [9.17, 15) is 14.7 Å². The maximum Gasteiger partial charge on any atom is 0.295 e. The van der Waals surface area contributed by atoms with Crippen molar-refractivity contribution in [3.05, 3.63) is 65.2 Å².